The highest BCUT2D eigenvalue weighted by Gasteiger charge is 2.09. The number of benzene rings is 2. The average molecular weight is 383 g/mol. The molecule has 2 rings (SSSR count). The number of amides is 2. The number of esters is 1. The number of carbonyl (C=O) groups is 3. The Morgan fingerprint density at radius 2 is 1.50 bits per heavy atom. The summed E-state index contributed by atoms with van der Waals surface area (Å²) in [6.07, 6.45) is 0.859. The van der Waals surface area contributed by atoms with Gasteiger partial charge in [0.05, 0.1) is 19.2 Å². The summed E-state index contributed by atoms with van der Waals surface area (Å²) in [6.45, 7) is 4.02. The molecule has 7 heteroatoms. The van der Waals surface area contributed by atoms with Crippen molar-refractivity contribution in [3.05, 3.63) is 59.7 Å². The second-order valence-electron chi connectivity index (χ2n) is 6.33. The van der Waals surface area contributed by atoms with Gasteiger partial charge < -0.3 is 20.7 Å². The van der Waals surface area contributed by atoms with Crippen molar-refractivity contribution >= 4 is 29.2 Å². The first-order chi connectivity index (χ1) is 13.4. The molecule has 28 heavy (non-hydrogen) atoms. The van der Waals surface area contributed by atoms with Crippen molar-refractivity contribution in [1.29, 1.82) is 0 Å². The Bertz CT molecular complexity index is 817. The fraction of sp³-hybridized carbons (Fsp3) is 0.286. The van der Waals surface area contributed by atoms with E-state index in [1.807, 2.05) is 13.8 Å². The lowest BCUT2D eigenvalue weighted by Crippen LogP contribution is -2.31. The van der Waals surface area contributed by atoms with E-state index in [0.717, 1.165) is 6.42 Å². The molecule has 0 bridgehead atoms. The van der Waals surface area contributed by atoms with Crippen molar-refractivity contribution in [1.82, 2.24) is 5.32 Å². The van der Waals surface area contributed by atoms with E-state index in [1.54, 1.807) is 48.5 Å². The van der Waals surface area contributed by atoms with Crippen molar-refractivity contribution in [2.24, 2.45) is 0 Å². The normalized spacial score (nSPS) is 11.2. The van der Waals surface area contributed by atoms with Gasteiger partial charge in [0, 0.05) is 23.0 Å². The van der Waals surface area contributed by atoms with Gasteiger partial charge in [-0.15, -0.1) is 0 Å². The van der Waals surface area contributed by atoms with Gasteiger partial charge in [0.15, 0.2) is 0 Å². The van der Waals surface area contributed by atoms with Gasteiger partial charge in [-0.05, 0) is 61.9 Å². The number of carbonyl (C=O) groups excluding carboxylic acids is 3. The molecule has 0 saturated heterocycles. The number of anilines is 2. The van der Waals surface area contributed by atoms with E-state index in [4.69, 9.17) is 0 Å². The minimum Gasteiger partial charge on any atom is -0.465 e. The highest BCUT2D eigenvalue weighted by molar-refractivity contribution is 5.97. The zero-order chi connectivity index (χ0) is 20.5. The topological polar surface area (TPSA) is 96.5 Å². The number of rotatable bonds is 8. The molecule has 2 aromatic carbocycles. The number of nitrogens with one attached hydrogen (secondary N) is 3. The van der Waals surface area contributed by atoms with Gasteiger partial charge in [0.1, 0.15) is 0 Å². The molecule has 3 N–H and O–H groups in total. The highest BCUT2D eigenvalue weighted by Crippen LogP contribution is 2.12. The van der Waals surface area contributed by atoms with E-state index in [2.05, 4.69) is 20.7 Å². The van der Waals surface area contributed by atoms with Crippen molar-refractivity contribution in [3.63, 3.8) is 0 Å². The van der Waals surface area contributed by atoms with Crippen LogP contribution in [0.25, 0.3) is 0 Å². The van der Waals surface area contributed by atoms with Crippen LogP contribution >= 0.6 is 0 Å². The quantitative estimate of drug-likeness (QED) is 0.609. The second-order valence-corrected chi connectivity index (χ2v) is 6.33. The first-order valence-electron chi connectivity index (χ1n) is 9.06. The van der Waals surface area contributed by atoms with E-state index >= 15 is 0 Å². The standard InChI is InChI=1S/C21H25N3O4/c1-4-14(2)23-20(26)15-5-11-18(12-6-15)24-19(25)13-22-17-9-7-16(8-10-17)21(27)28-3/h5-12,14,22H,4,13H2,1-3H3,(H,23,26)(H,24,25). The Kier molecular flexibility index (Phi) is 7.56. The summed E-state index contributed by atoms with van der Waals surface area (Å²) in [5.41, 5.74) is 2.30. The van der Waals surface area contributed by atoms with Crippen LogP contribution in [-0.2, 0) is 9.53 Å². The molecule has 148 valence electrons. The van der Waals surface area contributed by atoms with Gasteiger partial charge in [-0.3, -0.25) is 9.59 Å². The van der Waals surface area contributed by atoms with Crippen LogP contribution in [0.1, 0.15) is 41.0 Å². The molecule has 7 nitrogen and oxygen atoms in total. The molecular formula is C21H25N3O4. The maximum atomic E-state index is 12.1. The molecule has 1 unspecified atom stereocenters. The van der Waals surface area contributed by atoms with Crippen LogP contribution in [-0.4, -0.2) is 37.5 Å². The largest absolute Gasteiger partial charge is 0.465 e. The first-order valence-corrected chi connectivity index (χ1v) is 9.06. The number of hydrogen-bond donors (Lipinski definition) is 3. The minimum absolute atomic E-state index is 0.0633. The Labute approximate surface area is 164 Å². The molecule has 0 aromatic heterocycles. The summed E-state index contributed by atoms with van der Waals surface area (Å²) >= 11 is 0. The molecular weight excluding hydrogens is 358 g/mol. The molecule has 2 amide bonds. The van der Waals surface area contributed by atoms with Crippen LogP contribution in [0.3, 0.4) is 0 Å². The van der Waals surface area contributed by atoms with E-state index in [1.165, 1.54) is 7.11 Å². The first kappa shape index (κ1) is 21.0. The molecule has 0 spiro atoms. The summed E-state index contributed by atoms with van der Waals surface area (Å²) in [5, 5.41) is 8.63. The Morgan fingerprint density at radius 3 is 2.07 bits per heavy atom. The van der Waals surface area contributed by atoms with E-state index < -0.39 is 5.97 Å². The smallest absolute Gasteiger partial charge is 0.337 e. The third-order valence-electron chi connectivity index (χ3n) is 4.18. The van der Waals surface area contributed by atoms with Crippen LogP contribution in [0.5, 0.6) is 0 Å². The lowest BCUT2D eigenvalue weighted by molar-refractivity contribution is -0.114. The Morgan fingerprint density at radius 1 is 0.929 bits per heavy atom. The fourth-order valence-corrected chi connectivity index (χ4v) is 2.34. The van der Waals surface area contributed by atoms with E-state index in [-0.39, 0.29) is 24.4 Å². The number of ether oxygens (including phenoxy) is 1. The summed E-state index contributed by atoms with van der Waals surface area (Å²) in [7, 11) is 1.32. The van der Waals surface area contributed by atoms with Crippen molar-refractivity contribution in [2.45, 2.75) is 26.3 Å². The van der Waals surface area contributed by atoms with Crippen molar-refractivity contribution in [2.75, 3.05) is 24.3 Å². The highest BCUT2D eigenvalue weighted by atomic mass is 16.5. The SMILES string of the molecule is CCC(C)NC(=O)c1ccc(NC(=O)CNc2ccc(C(=O)OC)cc2)cc1. The summed E-state index contributed by atoms with van der Waals surface area (Å²) in [4.78, 5) is 35.5. The minimum atomic E-state index is -0.412. The third-order valence-corrected chi connectivity index (χ3v) is 4.18. The molecule has 0 aliphatic carbocycles. The van der Waals surface area contributed by atoms with Gasteiger partial charge in [0.25, 0.3) is 5.91 Å². The molecule has 2 aromatic rings. The second kappa shape index (κ2) is 10.1. The number of methoxy groups -OCH3 is 1. The Balaban J connectivity index is 1.84. The summed E-state index contributed by atoms with van der Waals surface area (Å²) < 4.78 is 4.64. The summed E-state index contributed by atoms with van der Waals surface area (Å²) in [5.74, 6) is -0.774. The lowest BCUT2D eigenvalue weighted by Gasteiger charge is -2.12. The third kappa shape index (κ3) is 6.12. The molecule has 0 aliphatic heterocycles. The monoisotopic (exact) mass is 383 g/mol. The van der Waals surface area contributed by atoms with Gasteiger partial charge in [-0.2, -0.15) is 0 Å². The van der Waals surface area contributed by atoms with Gasteiger partial charge in [-0.25, -0.2) is 4.79 Å². The maximum Gasteiger partial charge on any atom is 0.337 e. The predicted octanol–water partition coefficient (Wildman–Crippen LogP) is 3.05. The van der Waals surface area contributed by atoms with Gasteiger partial charge in [0.2, 0.25) is 5.91 Å². The molecule has 0 aliphatic rings. The van der Waals surface area contributed by atoms with Crippen LogP contribution in [0, 0.1) is 0 Å². The van der Waals surface area contributed by atoms with Crippen LogP contribution in [0.2, 0.25) is 0 Å². The zero-order valence-corrected chi connectivity index (χ0v) is 16.2. The van der Waals surface area contributed by atoms with Crippen LogP contribution < -0.4 is 16.0 Å². The average Bonchev–Trinajstić information content (AvgIpc) is 2.72. The van der Waals surface area contributed by atoms with Crippen molar-refractivity contribution < 1.29 is 19.1 Å². The predicted molar refractivity (Wildman–Crippen MR) is 109 cm³/mol. The summed E-state index contributed by atoms with van der Waals surface area (Å²) in [6, 6.07) is 13.5. The van der Waals surface area contributed by atoms with Crippen LogP contribution in [0.4, 0.5) is 11.4 Å². The molecule has 0 fully saturated rings. The fourth-order valence-electron chi connectivity index (χ4n) is 2.34. The zero-order valence-electron chi connectivity index (χ0n) is 16.2. The van der Waals surface area contributed by atoms with Gasteiger partial charge >= 0.3 is 5.97 Å². The molecule has 0 saturated carbocycles. The van der Waals surface area contributed by atoms with E-state index in [0.29, 0.717) is 22.5 Å². The lowest BCUT2D eigenvalue weighted by atomic mass is 10.1. The maximum absolute atomic E-state index is 12.1. The van der Waals surface area contributed by atoms with Crippen LogP contribution in [0.15, 0.2) is 48.5 Å². The van der Waals surface area contributed by atoms with Gasteiger partial charge in [-0.1, -0.05) is 6.92 Å². The molecule has 0 radical (unpaired) electrons. The number of hydrogen-bond acceptors (Lipinski definition) is 5. The molecule has 0 heterocycles. The Hall–Kier alpha value is -3.35. The van der Waals surface area contributed by atoms with Crippen molar-refractivity contribution in [3.8, 4) is 0 Å². The van der Waals surface area contributed by atoms with E-state index in [9.17, 15) is 14.4 Å². The molecule has 1 atom stereocenters.